The van der Waals surface area contributed by atoms with Crippen LogP contribution in [0.5, 0.6) is 0 Å². The Hall–Kier alpha value is -1.06. The average molecular weight is 294 g/mol. The minimum atomic E-state index is -0.517. The summed E-state index contributed by atoms with van der Waals surface area (Å²) in [6, 6.07) is -0.157. The molecule has 0 aromatic heterocycles. The number of urea groups is 1. The summed E-state index contributed by atoms with van der Waals surface area (Å²) >= 11 is 0. The molecule has 1 saturated carbocycles. The molecule has 1 aliphatic heterocycles. The summed E-state index contributed by atoms with van der Waals surface area (Å²) in [6.45, 7) is 2.96. The van der Waals surface area contributed by atoms with Crippen LogP contribution in [0.25, 0.3) is 0 Å². The van der Waals surface area contributed by atoms with Gasteiger partial charge in [-0.3, -0.25) is 10.1 Å². The molecule has 2 rings (SSSR count). The number of hydrogen-bond acceptors (Lipinski definition) is 2. The van der Waals surface area contributed by atoms with E-state index in [0.717, 1.165) is 45.1 Å². The van der Waals surface area contributed by atoms with Crippen LogP contribution in [-0.4, -0.2) is 28.9 Å². The third-order valence-corrected chi connectivity index (χ3v) is 5.07. The first-order chi connectivity index (χ1) is 10.2. The van der Waals surface area contributed by atoms with Gasteiger partial charge in [-0.2, -0.15) is 0 Å². The zero-order valence-electron chi connectivity index (χ0n) is 13.5. The van der Waals surface area contributed by atoms with Crippen LogP contribution in [0.1, 0.15) is 84.0 Å². The summed E-state index contributed by atoms with van der Waals surface area (Å²) in [7, 11) is 0. The van der Waals surface area contributed by atoms with Gasteiger partial charge in [0.2, 0.25) is 0 Å². The first-order valence-corrected chi connectivity index (χ1v) is 8.84. The van der Waals surface area contributed by atoms with E-state index in [1.54, 1.807) is 0 Å². The van der Waals surface area contributed by atoms with E-state index in [9.17, 15) is 9.59 Å². The molecule has 0 aromatic carbocycles. The molecule has 1 spiro atoms. The molecule has 1 aliphatic carbocycles. The Morgan fingerprint density at radius 2 is 1.57 bits per heavy atom. The Morgan fingerprint density at radius 1 is 0.952 bits per heavy atom. The molecule has 0 unspecified atom stereocenters. The second-order valence-electron chi connectivity index (χ2n) is 6.62. The van der Waals surface area contributed by atoms with Crippen LogP contribution in [0, 0.1) is 0 Å². The predicted octanol–water partition coefficient (Wildman–Crippen LogP) is 3.99. The highest BCUT2D eigenvalue weighted by Gasteiger charge is 2.51. The molecule has 3 amide bonds. The Morgan fingerprint density at radius 3 is 2.24 bits per heavy atom. The SMILES string of the molecule is CCCCCCCCN1C(=O)NC(=O)C12CCCCCC2. The lowest BCUT2D eigenvalue weighted by atomic mass is 9.88. The number of carbonyl (C=O) groups excluding carboxylic acids is 2. The van der Waals surface area contributed by atoms with E-state index < -0.39 is 5.54 Å². The van der Waals surface area contributed by atoms with Crippen LogP contribution in [0.4, 0.5) is 4.79 Å². The fraction of sp³-hybridized carbons (Fsp3) is 0.882. The molecule has 120 valence electrons. The molecule has 0 aromatic rings. The summed E-state index contributed by atoms with van der Waals surface area (Å²) < 4.78 is 0. The molecule has 4 heteroatoms. The maximum Gasteiger partial charge on any atom is 0.325 e. The lowest BCUT2D eigenvalue weighted by Crippen LogP contribution is -2.49. The Balaban J connectivity index is 1.88. The summed E-state index contributed by atoms with van der Waals surface area (Å²) in [5, 5.41) is 2.56. The number of hydrogen-bond donors (Lipinski definition) is 1. The number of imide groups is 1. The quantitative estimate of drug-likeness (QED) is 0.570. The third kappa shape index (κ3) is 3.78. The summed E-state index contributed by atoms with van der Waals surface area (Å²) in [5.74, 6) is -0.0413. The van der Waals surface area contributed by atoms with Crippen molar-refractivity contribution < 1.29 is 9.59 Å². The molecular weight excluding hydrogens is 264 g/mol. The van der Waals surface area contributed by atoms with Crippen molar-refractivity contribution in [3.63, 3.8) is 0 Å². The van der Waals surface area contributed by atoms with Crippen LogP contribution in [0.15, 0.2) is 0 Å². The van der Waals surface area contributed by atoms with E-state index >= 15 is 0 Å². The van der Waals surface area contributed by atoms with Gasteiger partial charge in [0.15, 0.2) is 0 Å². The highest BCUT2D eigenvalue weighted by atomic mass is 16.2. The van der Waals surface area contributed by atoms with Crippen LogP contribution < -0.4 is 5.32 Å². The first-order valence-electron chi connectivity index (χ1n) is 8.84. The molecule has 1 N–H and O–H groups in total. The van der Waals surface area contributed by atoms with Gasteiger partial charge in [0.25, 0.3) is 5.91 Å². The minimum absolute atomic E-state index is 0.0413. The second kappa shape index (κ2) is 7.81. The number of amides is 3. The van der Waals surface area contributed by atoms with E-state index in [-0.39, 0.29) is 11.9 Å². The molecular formula is C17H30N2O2. The van der Waals surface area contributed by atoms with Gasteiger partial charge in [0.1, 0.15) is 5.54 Å². The van der Waals surface area contributed by atoms with Gasteiger partial charge in [0.05, 0.1) is 0 Å². The number of unbranched alkanes of at least 4 members (excludes halogenated alkanes) is 5. The Kier molecular flexibility index (Phi) is 6.07. The first kappa shape index (κ1) is 16.3. The van der Waals surface area contributed by atoms with E-state index in [1.165, 1.54) is 38.5 Å². The summed E-state index contributed by atoms with van der Waals surface area (Å²) in [6.07, 6.45) is 13.5. The van der Waals surface area contributed by atoms with E-state index in [0.29, 0.717) is 0 Å². The maximum atomic E-state index is 12.3. The van der Waals surface area contributed by atoms with Crippen molar-refractivity contribution in [3.05, 3.63) is 0 Å². The van der Waals surface area contributed by atoms with Gasteiger partial charge < -0.3 is 4.90 Å². The van der Waals surface area contributed by atoms with Crippen molar-refractivity contribution in [1.29, 1.82) is 0 Å². The molecule has 0 bridgehead atoms. The fourth-order valence-electron chi connectivity index (χ4n) is 3.77. The van der Waals surface area contributed by atoms with Crippen LogP contribution in [-0.2, 0) is 4.79 Å². The standard InChI is InChI=1S/C17H30N2O2/c1-2-3-4-5-8-11-14-19-16(21)18-15(20)17(19)12-9-6-7-10-13-17/h2-14H2,1H3,(H,18,20,21). The molecule has 1 heterocycles. The average Bonchev–Trinajstić information content (AvgIpc) is 2.65. The summed E-state index contributed by atoms with van der Waals surface area (Å²) in [5.41, 5.74) is -0.517. The molecule has 2 fully saturated rings. The number of carbonyl (C=O) groups is 2. The minimum Gasteiger partial charge on any atom is -0.310 e. The summed E-state index contributed by atoms with van der Waals surface area (Å²) in [4.78, 5) is 26.3. The van der Waals surface area contributed by atoms with Crippen LogP contribution in [0.3, 0.4) is 0 Å². The van der Waals surface area contributed by atoms with E-state index in [4.69, 9.17) is 0 Å². The van der Waals surface area contributed by atoms with Crippen molar-refractivity contribution >= 4 is 11.9 Å². The normalized spacial score (nSPS) is 21.7. The van der Waals surface area contributed by atoms with Crippen molar-refractivity contribution in [2.45, 2.75) is 89.5 Å². The lowest BCUT2D eigenvalue weighted by molar-refractivity contribution is -0.127. The highest BCUT2D eigenvalue weighted by Crippen LogP contribution is 2.36. The fourth-order valence-corrected chi connectivity index (χ4v) is 3.77. The predicted molar refractivity (Wildman–Crippen MR) is 84.1 cm³/mol. The largest absolute Gasteiger partial charge is 0.325 e. The highest BCUT2D eigenvalue weighted by molar-refractivity contribution is 6.07. The van der Waals surface area contributed by atoms with Crippen LogP contribution in [0.2, 0.25) is 0 Å². The van der Waals surface area contributed by atoms with Crippen molar-refractivity contribution in [3.8, 4) is 0 Å². The topological polar surface area (TPSA) is 49.4 Å². The Bertz CT molecular complexity index is 360. The smallest absolute Gasteiger partial charge is 0.310 e. The lowest BCUT2D eigenvalue weighted by Gasteiger charge is -2.34. The number of rotatable bonds is 7. The van der Waals surface area contributed by atoms with Crippen molar-refractivity contribution in [2.75, 3.05) is 6.54 Å². The van der Waals surface area contributed by atoms with Crippen LogP contribution >= 0.6 is 0 Å². The molecule has 0 atom stereocenters. The molecule has 1 saturated heterocycles. The third-order valence-electron chi connectivity index (χ3n) is 5.07. The van der Waals surface area contributed by atoms with Crippen molar-refractivity contribution in [2.24, 2.45) is 0 Å². The molecule has 4 nitrogen and oxygen atoms in total. The molecule has 0 radical (unpaired) electrons. The maximum absolute atomic E-state index is 12.3. The molecule has 2 aliphatic rings. The van der Waals surface area contributed by atoms with Gasteiger partial charge >= 0.3 is 6.03 Å². The van der Waals surface area contributed by atoms with Gasteiger partial charge in [-0.05, 0) is 19.3 Å². The zero-order chi connectivity index (χ0) is 15.1. The van der Waals surface area contributed by atoms with Gasteiger partial charge in [-0.1, -0.05) is 64.7 Å². The monoisotopic (exact) mass is 294 g/mol. The number of nitrogens with one attached hydrogen (secondary N) is 1. The molecule has 21 heavy (non-hydrogen) atoms. The van der Waals surface area contributed by atoms with E-state index in [1.807, 2.05) is 4.90 Å². The number of nitrogens with zero attached hydrogens (tertiary/aromatic N) is 1. The van der Waals surface area contributed by atoms with Crippen molar-refractivity contribution in [1.82, 2.24) is 10.2 Å². The second-order valence-corrected chi connectivity index (χ2v) is 6.62. The Labute approximate surface area is 128 Å². The van der Waals surface area contributed by atoms with Gasteiger partial charge in [-0.25, -0.2) is 4.79 Å². The van der Waals surface area contributed by atoms with Gasteiger partial charge in [-0.15, -0.1) is 0 Å². The zero-order valence-corrected chi connectivity index (χ0v) is 13.5. The van der Waals surface area contributed by atoms with E-state index in [2.05, 4.69) is 12.2 Å². The van der Waals surface area contributed by atoms with Gasteiger partial charge in [0, 0.05) is 6.54 Å².